The Bertz CT molecular complexity index is 698. The number of esters is 1. The maximum absolute atomic E-state index is 11.8. The van der Waals surface area contributed by atoms with Crippen LogP contribution in [-0.2, 0) is 16.0 Å². The van der Waals surface area contributed by atoms with E-state index in [0.29, 0.717) is 12.2 Å². The molecule has 20 heavy (non-hydrogen) atoms. The lowest BCUT2D eigenvalue weighted by molar-refractivity contribution is -0.136. The van der Waals surface area contributed by atoms with E-state index in [0.717, 1.165) is 12.0 Å². The highest BCUT2D eigenvalue weighted by Gasteiger charge is 2.19. The summed E-state index contributed by atoms with van der Waals surface area (Å²) in [6.07, 6.45) is 0.956. The molecule has 0 fully saturated rings. The molecule has 2 nitrogen and oxygen atoms in total. The second-order valence-corrected chi connectivity index (χ2v) is 4.90. The number of hydrogen-bond acceptors (Lipinski definition) is 2. The van der Waals surface area contributed by atoms with Crippen molar-refractivity contribution >= 4 is 11.5 Å². The predicted octanol–water partition coefficient (Wildman–Crippen LogP) is 3.83. The zero-order chi connectivity index (χ0) is 14.1. The molecule has 0 N–H and O–H groups in total. The summed E-state index contributed by atoms with van der Waals surface area (Å²) < 4.78 is 5.01. The summed E-state index contributed by atoms with van der Waals surface area (Å²) in [5.41, 5.74) is 6.33. The van der Waals surface area contributed by atoms with Crippen molar-refractivity contribution in [2.45, 2.75) is 13.3 Å². The molecule has 0 bridgehead atoms. The van der Waals surface area contributed by atoms with Gasteiger partial charge in [-0.15, -0.1) is 0 Å². The molecule has 0 amide bonds. The van der Waals surface area contributed by atoms with Gasteiger partial charge in [-0.3, -0.25) is 0 Å². The maximum Gasteiger partial charge on any atom is 0.338 e. The van der Waals surface area contributed by atoms with Crippen molar-refractivity contribution in [1.29, 1.82) is 0 Å². The van der Waals surface area contributed by atoms with Gasteiger partial charge in [0.05, 0.1) is 12.2 Å². The van der Waals surface area contributed by atoms with Gasteiger partial charge in [0.2, 0.25) is 0 Å². The SMILES string of the molecule is C=C(C(=O)OCC)c1ccc2c(c1)-c1ccccc1C2. The van der Waals surface area contributed by atoms with Gasteiger partial charge in [0.1, 0.15) is 0 Å². The third-order valence-corrected chi connectivity index (χ3v) is 3.67. The van der Waals surface area contributed by atoms with E-state index in [2.05, 4.69) is 30.8 Å². The smallest absolute Gasteiger partial charge is 0.338 e. The number of rotatable bonds is 3. The molecule has 0 aromatic heterocycles. The highest BCUT2D eigenvalue weighted by atomic mass is 16.5. The molecule has 0 aliphatic heterocycles. The highest BCUT2D eigenvalue weighted by Crippen LogP contribution is 2.37. The van der Waals surface area contributed by atoms with Crippen molar-refractivity contribution in [3.8, 4) is 11.1 Å². The number of carbonyl (C=O) groups excluding carboxylic acids is 1. The highest BCUT2D eigenvalue weighted by molar-refractivity contribution is 6.15. The third-order valence-electron chi connectivity index (χ3n) is 3.67. The minimum Gasteiger partial charge on any atom is -0.462 e. The quantitative estimate of drug-likeness (QED) is 0.531. The van der Waals surface area contributed by atoms with Crippen molar-refractivity contribution in [2.75, 3.05) is 6.61 Å². The number of carbonyl (C=O) groups is 1. The van der Waals surface area contributed by atoms with E-state index < -0.39 is 0 Å². The Morgan fingerprint density at radius 2 is 1.90 bits per heavy atom. The van der Waals surface area contributed by atoms with Crippen LogP contribution >= 0.6 is 0 Å². The van der Waals surface area contributed by atoms with Crippen LogP contribution in [0.4, 0.5) is 0 Å². The molecule has 100 valence electrons. The van der Waals surface area contributed by atoms with E-state index in [-0.39, 0.29) is 5.97 Å². The van der Waals surface area contributed by atoms with Crippen molar-refractivity contribution in [3.63, 3.8) is 0 Å². The first-order valence-electron chi connectivity index (χ1n) is 6.78. The van der Waals surface area contributed by atoms with Gasteiger partial charge in [-0.25, -0.2) is 4.79 Å². The van der Waals surface area contributed by atoms with Crippen LogP contribution in [0.3, 0.4) is 0 Å². The number of ether oxygens (including phenoxy) is 1. The standard InChI is InChI=1S/C18H16O2/c1-3-20-18(19)12(2)13-8-9-15-10-14-6-4-5-7-16(14)17(15)11-13/h4-9,11H,2-3,10H2,1H3. The Kier molecular flexibility index (Phi) is 3.15. The van der Waals surface area contributed by atoms with E-state index >= 15 is 0 Å². The largest absolute Gasteiger partial charge is 0.462 e. The van der Waals surface area contributed by atoms with E-state index in [1.54, 1.807) is 6.92 Å². The van der Waals surface area contributed by atoms with E-state index in [1.165, 1.54) is 22.3 Å². The zero-order valence-electron chi connectivity index (χ0n) is 11.5. The molecular formula is C18H16O2. The van der Waals surface area contributed by atoms with E-state index in [9.17, 15) is 4.79 Å². The molecule has 0 heterocycles. The van der Waals surface area contributed by atoms with Crippen LogP contribution in [0.25, 0.3) is 16.7 Å². The maximum atomic E-state index is 11.8. The Morgan fingerprint density at radius 1 is 1.15 bits per heavy atom. The summed E-state index contributed by atoms with van der Waals surface area (Å²) in [5.74, 6) is -0.348. The van der Waals surface area contributed by atoms with E-state index in [4.69, 9.17) is 4.74 Å². The van der Waals surface area contributed by atoms with Crippen LogP contribution < -0.4 is 0 Å². The summed E-state index contributed by atoms with van der Waals surface area (Å²) in [4.78, 5) is 11.8. The molecule has 0 atom stereocenters. The van der Waals surface area contributed by atoms with Gasteiger partial charge in [0.15, 0.2) is 0 Å². The van der Waals surface area contributed by atoms with Crippen molar-refractivity contribution in [1.82, 2.24) is 0 Å². The molecule has 1 aliphatic rings. The predicted molar refractivity (Wildman–Crippen MR) is 80.4 cm³/mol. The normalized spacial score (nSPS) is 11.7. The molecule has 2 heteroatoms. The van der Waals surface area contributed by atoms with Gasteiger partial charge in [-0.1, -0.05) is 43.0 Å². The first kappa shape index (κ1) is 12.7. The minimum absolute atomic E-state index is 0.348. The topological polar surface area (TPSA) is 26.3 Å². The molecule has 0 saturated carbocycles. The summed E-state index contributed by atoms with van der Waals surface area (Å²) in [7, 11) is 0. The molecular weight excluding hydrogens is 248 g/mol. The first-order chi connectivity index (χ1) is 9.70. The number of benzene rings is 2. The Balaban J connectivity index is 2.00. The number of fused-ring (bicyclic) bond motifs is 3. The average Bonchev–Trinajstić information content (AvgIpc) is 2.84. The van der Waals surface area contributed by atoms with Gasteiger partial charge in [0, 0.05) is 0 Å². The van der Waals surface area contributed by atoms with Gasteiger partial charge >= 0.3 is 5.97 Å². The molecule has 1 aliphatic carbocycles. The van der Waals surface area contributed by atoms with E-state index in [1.807, 2.05) is 18.2 Å². The monoisotopic (exact) mass is 264 g/mol. The lowest BCUT2D eigenvalue weighted by Crippen LogP contribution is -2.05. The van der Waals surface area contributed by atoms with Gasteiger partial charge < -0.3 is 4.74 Å². The summed E-state index contributed by atoms with van der Waals surface area (Å²) >= 11 is 0. The van der Waals surface area contributed by atoms with Crippen LogP contribution in [0.5, 0.6) is 0 Å². The van der Waals surface area contributed by atoms with Crippen molar-refractivity contribution < 1.29 is 9.53 Å². The third kappa shape index (κ3) is 2.03. The fourth-order valence-electron chi connectivity index (χ4n) is 2.65. The molecule has 0 spiro atoms. The fraction of sp³-hybridized carbons (Fsp3) is 0.167. The lowest BCUT2D eigenvalue weighted by Gasteiger charge is -2.08. The molecule has 2 aromatic rings. The van der Waals surface area contributed by atoms with Gasteiger partial charge in [-0.2, -0.15) is 0 Å². The summed E-state index contributed by atoms with van der Waals surface area (Å²) in [6.45, 7) is 6.01. The van der Waals surface area contributed by atoms with Gasteiger partial charge in [0.25, 0.3) is 0 Å². The summed E-state index contributed by atoms with van der Waals surface area (Å²) in [6, 6.07) is 14.4. The minimum atomic E-state index is -0.348. The Labute approximate surface area is 118 Å². The second kappa shape index (κ2) is 4.97. The van der Waals surface area contributed by atoms with Crippen molar-refractivity contribution in [3.05, 3.63) is 65.7 Å². The number of hydrogen-bond donors (Lipinski definition) is 0. The molecule has 0 radical (unpaired) electrons. The van der Waals surface area contributed by atoms with Crippen LogP contribution in [-0.4, -0.2) is 12.6 Å². The Morgan fingerprint density at radius 3 is 2.70 bits per heavy atom. The van der Waals surface area contributed by atoms with Crippen LogP contribution in [0, 0.1) is 0 Å². The summed E-state index contributed by atoms with van der Waals surface area (Å²) in [5, 5.41) is 0. The first-order valence-corrected chi connectivity index (χ1v) is 6.78. The average molecular weight is 264 g/mol. The lowest BCUT2D eigenvalue weighted by atomic mass is 9.99. The fourth-order valence-corrected chi connectivity index (χ4v) is 2.65. The van der Waals surface area contributed by atoms with Crippen LogP contribution in [0.15, 0.2) is 49.0 Å². The van der Waals surface area contributed by atoms with Crippen LogP contribution in [0.1, 0.15) is 23.6 Å². The van der Waals surface area contributed by atoms with Crippen LogP contribution in [0.2, 0.25) is 0 Å². The van der Waals surface area contributed by atoms with Crippen molar-refractivity contribution in [2.24, 2.45) is 0 Å². The Hall–Kier alpha value is -2.35. The molecule has 0 unspecified atom stereocenters. The molecule has 2 aromatic carbocycles. The van der Waals surface area contributed by atoms with Gasteiger partial charge in [-0.05, 0) is 47.2 Å². The second-order valence-electron chi connectivity index (χ2n) is 4.90. The zero-order valence-corrected chi connectivity index (χ0v) is 11.5. The molecule has 0 saturated heterocycles. The molecule has 3 rings (SSSR count).